The number of aromatic nitrogens is 2. The molecule has 0 N–H and O–H groups in total. The predicted molar refractivity (Wildman–Crippen MR) is 206 cm³/mol. The van der Waals surface area contributed by atoms with Crippen molar-refractivity contribution < 1.29 is 20.1 Å². The minimum Gasteiger partial charge on any atom is -0.466 e. The molecule has 0 atom stereocenters. The van der Waals surface area contributed by atoms with E-state index in [0.717, 1.165) is 28.0 Å². The number of hydrogen-bond donors (Lipinski definition) is 0. The fourth-order valence-electron chi connectivity index (χ4n) is 6.67. The van der Waals surface area contributed by atoms with Crippen LogP contribution in [0.25, 0.3) is 46.8 Å². The van der Waals surface area contributed by atoms with Gasteiger partial charge in [0.2, 0.25) is 0 Å². The van der Waals surface area contributed by atoms with Crippen LogP contribution in [0, 0.1) is 12.0 Å². The molecule has 6 heteroatoms. The first kappa shape index (κ1) is 38.4. The molecule has 1 radical (unpaired) electrons. The number of aliphatic imine (C=N–C) groups is 1. The normalized spacial score (nSPS) is 15.9. The molecule has 0 saturated carbocycles. The van der Waals surface area contributed by atoms with Gasteiger partial charge in [0.25, 0.3) is 0 Å². The van der Waals surface area contributed by atoms with Crippen molar-refractivity contribution in [3.8, 4) is 11.3 Å². The molecule has 0 fully saturated rings. The van der Waals surface area contributed by atoms with Gasteiger partial charge in [-0.3, -0.25) is 0 Å². The Hall–Kier alpha value is -2.36. The van der Waals surface area contributed by atoms with Crippen molar-refractivity contribution in [3.05, 3.63) is 76.9 Å². The van der Waals surface area contributed by atoms with Gasteiger partial charge in [0, 0.05) is 20.1 Å². The molecule has 3 aromatic carbocycles. The largest absolute Gasteiger partial charge is 0.466 e. The zero-order valence-corrected chi connectivity index (χ0v) is 35.4. The van der Waals surface area contributed by atoms with Crippen LogP contribution in [0.1, 0.15) is 120 Å². The smallest absolute Gasteiger partial charge is 0 e. The summed E-state index contributed by atoms with van der Waals surface area (Å²) in [7, 11) is 0. The van der Waals surface area contributed by atoms with E-state index in [0.29, 0.717) is 18.0 Å². The van der Waals surface area contributed by atoms with Crippen LogP contribution in [0.5, 0.6) is 0 Å². The summed E-state index contributed by atoms with van der Waals surface area (Å²) in [5, 5.41) is 8.23. The first-order chi connectivity index (χ1) is 21.9. The van der Waals surface area contributed by atoms with Crippen LogP contribution in [-0.2, 0) is 36.4 Å². The second kappa shape index (κ2) is 14.5. The summed E-state index contributed by atoms with van der Waals surface area (Å²) in [5.74, 6) is 1.44. The van der Waals surface area contributed by atoms with Crippen LogP contribution in [-0.4, -0.2) is 42.4 Å². The molecule has 2 heterocycles. The Bertz CT molecular complexity index is 1940. The van der Waals surface area contributed by atoms with Crippen molar-refractivity contribution in [3.63, 3.8) is 0 Å². The van der Waals surface area contributed by atoms with Crippen molar-refractivity contribution in [2.45, 2.75) is 131 Å². The molecule has 0 spiro atoms. The van der Waals surface area contributed by atoms with E-state index >= 15 is 0 Å². The number of hydrogen-bond acceptors (Lipinski definition) is 3. The summed E-state index contributed by atoms with van der Waals surface area (Å²) in [6.45, 7) is 29.1. The van der Waals surface area contributed by atoms with Crippen LogP contribution in [0.2, 0.25) is 0 Å². The third-order valence-electron chi connectivity index (χ3n) is 9.36. The fourth-order valence-corrected chi connectivity index (χ4v) is 9.14. The molecule has 5 aromatic rings. The van der Waals surface area contributed by atoms with E-state index in [1.54, 1.807) is 6.33 Å². The van der Waals surface area contributed by atoms with Gasteiger partial charge in [-0.25, -0.2) is 0 Å². The van der Waals surface area contributed by atoms with Crippen molar-refractivity contribution in [2.75, 3.05) is 0 Å². The molecule has 0 bridgehead atoms. The Kier molecular flexibility index (Phi) is 11.6. The summed E-state index contributed by atoms with van der Waals surface area (Å²) < 4.78 is 2.76. The molecule has 1 aliphatic rings. The van der Waals surface area contributed by atoms with Crippen molar-refractivity contribution >= 4 is 50.5 Å². The minimum atomic E-state index is 0. The molecule has 6 rings (SSSR count). The molecule has 0 saturated heterocycles. The van der Waals surface area contributed by atoms with Crippen molar-refractivity contribution in [1.29, 1.82) is 0 Å². The summed E-state index contributed by atoms with van der Waals surface area (Å²) in [6, 6.07) is 20.3. The van der Waals surface area contributed by atoms with E-state index in [4.69, 9.17) is 9.97 Å². The Morgan fingerprint density at radius 2 is 1.50 bits per heavy atom. The van der Waals surface area contributed by atoms with Crippen molar-refractivity contribution in [1.82, 2.24) is 9.97 Å². The Balaban J connectivity index is 0.000000345. The average molecular weight is 886 g/mol. The maximum absolute atomic E-state index is 4.86. The van der Waals surface area contributed by atoms with Gasteiger partial charge < -0.3 is 10.3 Å². The number of benzene rings is 3. The molecule has 0 amide bonds. The van der Waals surface area contributed by atoms with Crippen LogP contribution in [0.15, 0.2) is 53.8 Å². The SMILES string of the molecule is CC(C)(C)c1cc(-c2ncnc3c2[se]c2cc4c(cc23)C(C)(C)CCC4(C)C)[c-]c2ccccc12.CC(C)N=C([N-]C(C)C)C(C)C.[Ir]. The van der Waals surface area contributed by atoms with Gasteiger partial charge in [-0.05, 0) is 18.0 Å². The average Bonchev–Trinajstić information content (AvgIpc) is 3.35. The molecule has 0 aliphatic heterocycles. The van der Waals surface area contributed by atoms with Gasteiger partial charge >= 0.3 is 215 Å². The van der Waals surface area contributed by atoms with Crippen molar-refractivity contribution in [2.24, 2.45) is 10.9 Å². The van der Waals surface area contributed by atoms with Crippen LogP contribution < -0.4 is 0 Å². The second-order valence-corrected chi connectivity index (χ2v) is 18.7. The fraction of sp³-hybridized carbons (Fsp3) is 0.500. The minimum absolute atomic E-state index is 0. The predicted octanol–water partition coefficient (Wildman–Crippen LogP) is 11.3. The third kappa shape index (κ3) is 7.99. The van der Waals surface area contributed by atoms with Gasteiger partial charge in [0.15, 0.2) is 0 Å². The quantitative estimate of drug-likeness (QED) is 0.0781. The first-order valence-corrected chi connectivity index (χ1v) is 19.1. The van der Waals surface area contributed by atoms with Crippen LogP contribution in [0.3, 0.4) is 0 Å². The van der Waals surface area contributed by atoms with E-state index in [-0.39, 0.29) is 50.9 Å². The number of rotatable bonds is 4. The van der Waals surface area contributed by atoms with Gasteiger partial charge in [-0.15, -0.1) is 0 Å². The molecule has 48 heavy (non-hydrogen) atoms. The summed E-state index contributed by atoms with van der Waals surface area (Å²) in [4.78, 5) is 14.2. The topological polar surface area (TPSA) is 52.2 Å². The standard InChI is InChI=1S/C32H33N2Se.C10H21N2.Ir/c1-30(2,3)23-15-20(14-19-10-8-9-11-21(19)23)27-29-28(34-18-33-27)22-16-24-25(17-26(22)35-29)32(6,7)13-12-31(24,4)5;1-7(2)10(11-8(3)4)12-9(5)6;/h8-11,15-18H,12-13H2,1-7H3;7-9H,1-6H3;/q2*-1;. The molecule has 1 aliphatic carbocycles. The molecule has 2 aromatic heterocycles. The van der Waals surface area contributed by atoms with Gasteiger partial charge in [-0.1, -0.05) is 47.4 Å². The molecular formula is C42H54IrN4Se-2. The van der Waals surface area contributed by atoms with E-state index in [9.17, 15) is 0 Å². The Morgan fingerprint density at radius 3 is 2.08 bits per heavy atom. The maximum Gasteiger partial charge on any atom is 0 e. The second-order valence-electron chi connectivity index (χ2n) is 16.5. The Morgan fingerprint density at radius 1 is 0.875 bits per heavy atom. The number of amidine groups is 1. The number of nitrogens with zero attached hydrogens (tertiary/aromatic N) is 4. The molecular weight excluding hydrogens is 832 g/mol. The molecule has 4 nitrogen and oxygen atoms in total. The summed E-state index contributed by atoms with van der Waals surface area (Å²) in [6.07, 6.45) is 4.21. The van der Waals surface area contributed by atoms with Gasteiger partial charge in [0.05, 0.1) is 0 Å². The third-order valence-corrected chi connectivity index (χ3v) is 11.8. The zero-order chi connectivity index (χ0) is 34.5. The van der Waals surface area contributed by atoms with Gasteiger partial charge in [-0.2, -0.15) is 0 Å². The summed E-state index contributed by atoms with van der Waals surface area (Å²) >= 11 is 0.176. The number of fused-ring (bicyclic) bond motifs is 5. The first-order valence-electron chi connectivity index (χ1n) is 17.4. The molecule has 0 unspecified atom stereocenters. The van der Waals surface area contributed by atoms with Gasteiger partial charge in [0.1, 0.15) is 0 Å². The zero-order valence-electron chi connectivity index (χ0n) is 31.3. The van der Waals surface area contributed by atoms with E-state index in [1.165, 1.54) is 48.8 Å². The van der Waals surface area contributed by atoms with E-state index in [1.807, 2.05) is 0 Å². The summed E-state index contributed by atoms with van der Waals surface area (Å²) in [5.41, 5.74) is 8.09. The Labute approximate surface area is 309 Å². The van der Waals surface area contributed by atoms with E-state index < -0.39 is 0 Å². The van der Waals surface area contributed by atoms with E-state index in [2.05, 4.69) is 149 Å². The molecule has 259 valence electrons. The van der Waals surface area contributed by atoms with Crippen LogP contribution in [0.4, 0.5) is 0 Å². The van der Waals surface area contributed by atoms with Crippen LogP contribution >= 0.6 is 0 Å². The maximum atomic E-state index is 4.86. The monoisotopic (exact) mass is 887 g/mol.